The number of carbonyl (C=O) groups excluding carboxylic acids is 2. The highest BCUT2D eigenvalue weighted by Crippen LogP contribution is 2.43. The van der Waals surface area contributed by atoms with Gasteiger partial charge in [-0.3, -0.25) is 10.6 Å². The maximum absolute atomic E-state index is 15.0. The molecule has 0 aromatic heterocycles. The van der Waals surface area contributed by atoms with Crippen molar-refractivity contribution in [2.45, 2.75) is 124 Å². The molecule has 3 atom stereocenters. The number of carbonyl (C=O) groups is 2. The maximum Gasteiger partial charge on any atom is 0.414 e. The van der Waals surface area contributed by atoms with Crippen LogP contribution in [0.1, 0.15) is 123 Å². The predicted molar refractivity (Wildman–Crippen MR) is 326 cm³/mol. The van der Waals surface area contributed by atoms with E-state index in [1.165, 1.54) is 65.3 Å². The van der Waals surface area contributed by atoms with Crippen LogP contribution in [0.15, 0.2) is 56.9 Å². The molecule has 8 N–H and O–H groups in total. The molecule has 29 heteroatoms. The summed E-state index contributed by atoms with van der Waals surface area (Å²) in [6, 6.07) is 8.16. The number of alkyl carbamates (subject to hydrolysis) is 2. The number of amides is 2. The van der Waals surface area contributed by atoms with Crippen LogP contribution in [0.4, 0.5) is 34.1 Å². The monoisotopic (exact) mass is 1350 g/mol. The first-order chi connectivity index (χ1) is 37.6. The van der Waals surface area contributed by atoms with Crippen molar-refractivity contribution >= 4 is 111 Å². The first kappa shape index (κ1) is 67.8. The number of nitrogens with two attached hydrogens (primary N) is 3. The Labute approximate surface area is 503 Å². The van der Waals surface area contributed by atoms with E-state index in [4.69, 9.17) is 38.3 Å². The number of anilines is 2. The molecule has 3 aromatic carbocycles. The molecule has 3 heterocycles. The van der Waals surface area contributed by atoms with Gasteiger partial charge in [0.25, 0.3) is 0 Å². The number of halogens is 5. The van der Waals surface area contributed by atoms with E-state index in [9.17, 15) is 43.6 Å². The molecule has 0 bridgehead atoms. The fraction of sp³-hybridized carbons (Fsp3) is 0.500. The normalized spacial score (nSPS) is 22.5. The van der Waals surface area contributed by atoms with Crippen molar-refractivity contribution in [1.82, 2.24) is 23.5 Å². The molecular formula is C54H72ClF3IN11O10S3. The molecule has 0 spiro atoms. The summed E-state index contributed by atoms with van der Waals surface area (Å²) in [7, 11) is -7.61. The van der Waals surface area contributed by atoms with Crippen molar-refractivity contribution in [2.75, 3.05) is 49.9 Å². The number of allylic oxidation sites excluding steroid dienone is 1. The molecule has 1 aliphatic carbocycles. The molecule has 21 nitrogen and oxygen atoms in total. The summed E-state index contributed by atoms with van der Waals surface area (Å²) >= 11 is 8.28. The Morgan fingerprint density at radius 1 is 0.663 bits per heavy atom. The van der Waals surface area contributed by atoms with Crippen LogP contribution < -0.4 is 27.8 Å². The Bertz CT molecular complexity index is 3670. The number of nitrogen functional groups attached to an aromatic ring is 2. The number of benzene rings is 3. The number of guanidine groups is 3. The number of sulfonamides is 3. The van der Waals surface area contributed by atoms with Gasteiger partial charge in [-0.05, 0) is 150 Å². The van der Waals surface area contributed by atoms with Gasteiger partial charge in [0.1, 0.15) is 45.3 Å². The van der Waals surface area contributed by atoms with Crippen molar-refractivity contribution in [3.05, 3.63) is 96.4 Å². The zero-order valence-electron chi connectivity index (χ0n) is 49.1. The van der Waals surface area contributed by atoms with Crippen molar-refractivity contribution in [3.8, 4) is 11.8 Å². The van der Waals surface area contributed by atoms with Crippen molar-refractivity contribution in [3.63, 3.8) is 0 Å². The van der Waals surface area contributed by atoms with E-state index in [0.29, 0.717) is 31.8 Å². The van der Waals surface area contributed by atoms with Crippen LogP contribution in [-0.4, -0.2) is 118 Å². The van der Waals surface area contributed by atoms with Gasteiger partial charge in [0.2, 0.25) is 47.9 Å². The minimum atomic E-state index is -3.92. The predicted octanol–water partition coefficient (Wildman–Crippen LogP) is 7.96. The Balaban J connectivity index is 0.000000229. The van der Waals surface area contributed by atoms with E-state index in [-0.39, 0.29) is 57.8 Å². The average molecular weight is 1350 g/mol. The maximum atomic E-state index is 15.0. The number of rotatable bonds is 4. The van der Waals surface area contributed by atoms with Crippen LogP contribution >= 0.6 is 34.2 Å². The van der Waals surface area contributed by atoms with Crippen LogP contribution in [0.3, 0.4) is 0 Å². The molecular weight excluding hydrogens is 1280 g/mol. The second-order valence-electron chi connectivity index (χ2n) is 23.4. The first-order valence-corrected chi connectivity index (χ1v) is 32.0. The van der Waals surface area contributed by atoms with Gasteiger partial charge >= 0.3 is 12.2 Å². The fourth-order valence-electron chi connectivity index (χ4n) is 8.81. The molecule has 0 radical (unpaired) electrons. The summed E-state index contributed by atoms with van der Waals surface area (Å²) in [4.78, 5) is 37.2. The second kappa shape index (κ2) is 24.1. The lowest BCUT2D eigenvalue weighted by Crippen LogP contribution is -2.54. The van der Waals surface area contributed by atoms with Gasteiger partial charge in [0.15, 0.2) is 0 Å². The highest BCUT2D eigenvalue weighted by atomic mass is 127. The summed E-state index contributed by atoms with van der Waals surface area (Å²) in [5, 5.41) is 5.26. The summed E-state index contributed by atoms with van der Waals surface area (Å²) in [5.41, 5.74) is 15.5. The summed E-state index contributed by atoms with van der Waals surface area (Å²) in [6.45, 7) is 22.4. The molecule has 3 aromatic rings. The van der Waals surface area contributed by atoms with Crippen LogP contribution in [0.2, 0.25) is 0 Å². The van der Waals surface area contributed by atoms with Gasteiger partial charge < -0.3 is 26.7 Å². The summed E-state index contributed by atoms with van der Waals surface area (Å²) in [5.74, 6) is 2.21. The van der Waals surface area contributed by atoms with Gasteiger partial charge in [0.05, 0.1) is 22.8 Å². The molecule has 2 amide bonds. The third-order valence-corrected chi connectivity index (χ3v) is 20.3. The third-order valence-electron chi connectivity index (χ3n) is 13.1. The summed E-state index contributed by atoms with van der Waals surface area (Å²) < 4.78 is 133. The third kappa shape index (κ3) is 15.8. The molecule has 0 saturated carbocycles. The summed E-state index contributed by atoms with van der Waals surface area (Å²) in [6.07, 6.45) is -1.12. The quantitative estimate of drug-likeness (QED) is 0.0942. The molecule has 83 heavy (non-hydrogen) atoms. The smallest absolute Gasteiger partial charge is 0.414 e. The van der Waals surface area contributed by atoms with Crippen LogP contribution in [0.5, 0.6) is 0 Å². The lowest BCUT2D eigenvalue weighted by molar-refractivity contribution is 0.0546. The molecule has 0 saturated heterocycles. The SMILES string of the molecule is CC(C)C#Cc1cc(F)c([C@]2(C)CS(=O)(=O)N(C)C(NC(=O)OC(C)(C)C)=N2)cc1N.CC(C)C1=C(Cl)c2cc(F)c([C@]3(C)CS(=O)(=O)N(C)C(N)=N3)cc2C1.CN1C(NC(=O)OC(C)(C)C)=N[C@](C)(c2cc(N)c(I)cc2F)CS1(=O)=O. The van der Waals surface area contributed by atoms with Gasteiger partial charge in [0, 0.05) is 63.7 Å². The Kier molecular flexibility index (Phi) is 19.7. The Hall–Kier alpha value is -6.03. The van der Waals surface area contributed by atoms with Crippen LogP contribution in [0.25, 0.3) is 5.03 Å². The molecule has 456 valence electrons. The Morgan fingerprint density at radius 3 is 1.48 bits per heavy atom. The minimum Gasteiger partial charge on any atom is -0.444 e. The van der Waals surface area contributed by atoms with Crippen LogP contribution in [0, 0.1) is 44.7 Å². The number of hydrogen-bond acceptors (Lipinski definition) is 16. The number of fused-ring (bicyclic) bond motifs is 1. The molecule has 4 aliphatic rings. The highest BCUT2D eigenvalue weighted by Gasteiger charge is 2.46. The van der Waals surface area contributed by atoms with E-state index in [1.807, 2.05) is 50.3 Å². The number of ether oxygens (including phenoxy) is 2. The standard InChI is InChI=1S/C21H29FN4O4S.C17H21ClFN3O2S.C16H22FIN4O4S/c1-13(2)8-9-14-10-16(22)15(11-17(14)23)21(6)12-31(28,29)26(7)18(25-21)24-19(27)30-20(3,4)5;1-9(2)11-5-10-6-13(14(19)7-12(10)15(11)18)17(3)8-25(23,24)22(4)16(20)21-17;1-15(2,3)26-14(23)20-13-21-16(4,8-27(24,25)22(13)5)9-6-12(19)11(18)7-10(9)17/h10-11,13H,12,23H2,1-7H3,(H,24,25,27);6-7,9H,5,8H2,1-4H3,(H2,20,21);6-7H,8,19H2,1-5H3,(H,20,21,23)/t21-;17-;16-/m000/s1. The molecule has 0 unspecified atom stereocenters. The number of nitrogens with zero attached hydrogens (tertiary/aromatic N) is 6. The lowest BCUT2D eigenvalue weighted by Gasteiger charge is -2.36. The van der Waals surface area contributed by atoms with E-state index in [2.05, 4.69) is 37.5 Å². The minimum absolute atomic E-state index is 0.0136. The molecule has 0 fully saturated rings. The number of hydrogen-bond donors (Lipinski definition) is 5. The number of aliphatic imine (C=N–C) groups is 3. The molecule has 7 rings (SSSR count). The van der Waals surface area contributed by atoms with E-state index < -0.39 is 99.0 Å². The topological polar surface area (TPSA) is 304 Å². The largest absolute Gasteiger partial charge is 0.444 e. The van der Waals surface area contributed by atoms with Crippen molar-refractivity contribution < 1.29 is 57.5 Å². The first-order valence-electron chi connectivity index (χ1n) is 25.7. The zero-order valence-corrected chi connectivity index (χ0v) is 54.4. The van der Waals surface area contributed by atoms with E-state index in [1.54, 1.807) is 54.5 Å². The number of nitrogens with one attached hydrogen (secondary N) is 2. The van der Waals surface area contributed by atoms with Gasteiger partial charge in [-0.2, -0.15) is 0 Å². The van der Waals surface area contributed by atoms with Crippen LogP contribution in [-0.2, 0) is 62.6 Å². The second-order valence-corrected chi connectivity index (χ2v) is 31.0. The van der Waals surface area contributed by atoms with Gasteiger partial charge in [-0.25, -0.2) is 75.9 Å². The lowest BCUT2D eigenvalue weighted by atomic mass is 9.90. The van der Waals surface area contributed by atoms with Gasteiger partial charge in [-0.1, -0.05) is 51.1 Å². The van der Waals surface area contributed by atoms with E-state index in [0.717, 1.165) is 24.1 Å². The fourth-order valence-corrected chi connectivity index (χ4v) is 14.1. The Morgan fingerprint density at radius 2 is 1.06 bits per heavy atom. The van der Waals surface area contributed by atoms with E-state index >= 15 is 4.39 Å². The highest BCUT2D eigenvalue weighted by molar-refractivity contribution is 14.1. The van der Waals surface area contributed by atoms with Crippen molar-refractivity contribution in [2.24, 2.45) is 32.5 Å². The molecule has 3 aliphatic heterocycles. The average Bonchev–Trinajstić information content (AvgIpc) is 3.84. The van der Waals surface area contributed by atoms with Gasteiger partial charge in [-0.15, -0.1) is 0 Å². The van der Waals surface area contributed by atoms with Crippen molar-refractivity contribution in [1.29, 1.82) is 0 Å². The zero-order chi connectivity index (χ0) is 63.3.